The van der Waals surface area contributed by atoms with Crippen molar-refractivity contribution < 1.29 is 27.1 Å². The van der Waals surface area contributed by atoms with Gasteiger partial charge in [-0.3, -0.25) is 9.78 Å². The molecule has 0 aliphatic rings. The average Bonchev–Trinajstić information content (AvgIpc) is 2.78. The number of sulfonamides is 1. The number of aromatic nitrogens is 1. The van der Waals surface area contributed by atoms with E-state index in [4.69, 9.17) is 9.47 Å². The van der Waals surface area contributed by atoms with Crippen molar-refractivity contribution in [3.8, 4) is 11.5 Å². The molecule has 0 spiro atoms. The maximum atomic E-state index is 14.3. The van der Waals surface area contributed by atoms with Crippen LogP contribution in [0.4, 0.5) is 10.1 Å². The van der Waals surface area contributed by atoms with Crippen LogP contribution >= 0.6 is 0 Å². The van der Waals surface area contributed by atoms with Crippen LogP contribution in [0.5, 0.6) is 11.5 Å². The number of anilines is 1. The van der Waals surface area contributed by atoms with Crippen molar-refractivity contribution in [3.05, 3.63) is 77.9 Å². The number of ether oxygens (including phenoxy) is 2. The Bertz CT molecular complexity index is 1200. The van der Waals surface area contributed by atoms with E-state index in [2.05, 4.69) is 15.0 Å². The van der Waals surface area contributed by atoms with Crippen LogP contribution in [-0.4, -0.2) is 33.0 Å². The van der Waals surface area contributed by atoms with Gasteiger partial charge in [-0.05, 0) is 36.4 Å². The molecule has 8 nitrogen and oxygen atoms in total. The monoisotopic (exact) mass is 459 g/mol. The number of carbonyl (C=O) groups excluding carboxylic acids is 1. The lowest BCUT2D eigenvalue weighted by atomic mass is 10.2. The van der Waals surface area contributed by atoms with Crippen LogP contribution in [-0.2, 0) is 16.6 Å². The third kappa shape index (κ3) is 5.59. The third-order valence-electron chi connectivity index (χ3n) is 4.37. The summed E-state index contributed by atoms with van der Waals surface area (Å²) in [5.74, 6) is -0.853. The summed E-state index contributed by atoms with van der Waals surface area (Å²) < 4.78 is 52.0. The summed E-state index contributed by atoms with van der Waals surface area (Å²) in [6.45, 7) is 2.00. The number of nitrogens with zero attached hydrogens (tertiary/aromatic N) is 1. The molecule has 0 fully saturated rings. The first kappa shape index (κ1) is 23.2. The van der Waals surface area contributed by atoms with E-state index in [0.717, 1.165) is 23.8 Å². The van der Waals surface area contributed by atoms with Gasteiger partial charge < -0.3 is 14.8 Å². The van der Waals surface area contributed by atoms with Crippen molar-refractivity contribution >= 4 is 21.6 Å². The highest BCUT2D eigenvalue weighted by Crippen LogP contribution is 2.31. The minimum absolute atomic E-state index is 0.162. The predicted octanol–water partition coefficient (Wildman–Crippen LogP) is 3.36. The molecule has 1 heterocycles. The summed E-state index contributed by atoms with van der Waals surface area (Å²) in [5.41, 5.74) is 0.749. The summed E-state index contributed by atoms with van der Waals surface area (Å²) in [7, 11) is -2.36. The molecule has 2 N–H and O–H groups in total. The molecule has 1 amide bonds. The van der Waals surface area contributed by atoms with Gasteiger partial charge in [0.15, 0.2) is 11.5 Å². The zero-order valence-corrected chi connectivity index (χ0v) is 18.3. The number of nitrogens with one attached hydrogen (secondary N) is 2. The number of benzene rings is 2. The first-order chi connectivity index (χ1) is 15.3. The second-order valence-electron chi connectivity index (χ2n) is 6.61. The molecule has 0 bridgehead atoms. The standard InChI is InChI=1S/C22H22FN3O5S/c1-3-25-32(28,29)17-7-8-19(23)18(12-17)22(27)26-16-6-9-20(30-2)21(11-16)31-14-15-5-4-10-24-13-15/h4-13,25H,3,14H2,1-2H3,(H,26,27). The van der Waals surface area contributed by atoms with Gasteiger partial charge in [0.2, 0.25) is 10.0 Å². The predicted molar refractivity (Wildman–Crippen MR) is 117 cm³/mol. The lowest BCUT2D eigenvalue weighted by Gasteiger charge is -2.13. The fourth-order valence-corrected chi connectivity index (χ4v) is 3.90. The van der Waals surface area contributed by atoms with E-state index >= 15 is 0 Å². The molecule has 1 aromatic heterocycles. The maximum Gasteiger partial charge on any atom is 0.258 e. The van der Waals surface area contributed by atoms with E-state index in [1.54, 1.807) is 37.5 Å². The van der Waals surface area contributed by atoms with Gasteiger partial charge in [0, 0.05) is 36.3 Å². The molecule has 10 heteroatoms. The fraction of sp³-hybridized carbons (Fsp3) is 0.182. The highest BCUT2D eigenvalue weighted by Gasteiger charge is 2.19. The van der Waals surface area contributed by atoms with E-state index in [9.17, 15) is 17.6 Å². The summed E-state index contributed by atoms with van der Waals surface area (Å²) in [6.07, 6.45) is 3.31. The normalized spacial score (nSPS) is 11.1. The first-order valence-corrected chi connectivity index (χ1v) is 11.1. The van der Waals surface area contributed by atoms with Crippen LogP contribution in [0.2, 0.25) is 0 Å². The number of pyridine rings is 1. The van der Waals surface area contributed by atoms with Crippen molar-refractivity contribution in [1.82, 2.24) is 9.71 Å². The van der Waals surface area contributed by atoms with Crippen LogP contribution in [0, 0.1) is 5.82 Å². The topological polar surface area (TPSA) is 107 Å². The van der Waals surface area contributed by atoms with Gasteiger partial charge in [-0.15, -0.1) is 0 Å². The zero-order valence-electron chi connectivity index (χ0n) is 17.5. The Hall–Kier alpha value is -3.50. The van der Waals surface area contributed by atoms with Gasteiger partial charge in [0.1, 0.15) is 12.4 Å². The Morgan fingerprint density at radius 2 is 1.94 bits per heavy atom. The molecular weight excluding hydrogens is 437 g/mol. The van der Waals surface area contributed by atoms with E-state index in [0.29, 0.717) is 17.2 Å². The zero-order chi connectivity index (χ0) is 23.1. The van der Waals surface area contributed by atoms with E-state index < -0.39 is 27.3 Å². The van der Waals surface area contributed by atoms with E-state index in [1.807, 2.05) is 6.07 Å². The summed E-state index contributed by atoms with van der Waals surface area (Å²) in [4.78, 5) is 16.5. The minimum Gasteiger partial charge on any atom is -0.493 e. The molecule has 0 unspecified atom stereocenters. The van der Waals surface area contributed by atoms with Gasteiger partial charge in [0.25, 0.3) is 5.91 Å². The largest absolute Gasteiger partial charge is 0.493 e. The molecule has 0 radical (unpaired) electrons. The Morgan fingerprint density at radius 3 is 2.62 bits per heavy atom. The minimum atomic E-state index is -3.84. The van der Waals surface area contributed by atoms with Gasteiger partial charge in [-0.2, -0.15) is 0 Å². The number of amides is 1. The molecular formula is C22H22FN3O5S. The lowest BCUT2D eigenvalue weighted by Crippen LogP contribution is -2.24. The fourth-order valence-electron chi connectivity index (χ4n) is 2.83. The van der Waals surface area contributed by atoms with Gasteiger partial charge in [-0.25, -0.2) is 17.5 Å². The highest BCUT2D eigenvalue weighted by molar-refractivity contribution is 7.89. The summed E-state index contributed by atoms with van der Waals surface area (Å²) in [5, 5.41) is 2.56. The average molecular weight is 459 g/mol. The number of carbonyl (C=O) groups is 1. The Morgan fingerprint density at radius 1 is 1.12 bits per heavy atom. The van der Waals surface area contributed by atoms with E-state index in [-0.39, 0.29) is 18.0 Å². The van der Waals surface area contributed by atoms with Crippen molar-refractivity contribution in [3.63, 3.8) is 0 Å². The Labute approximate surface area is 185 Å². The number of methoxy groups -OCH3 is 1. The Balaban J connectivity index is 1.82. The molecule has 0 aliphatic carbocycles. The quantitative estimate of drug-likeness (QED) is 0.508. The SMILES string of the molecule is CCNS(=O)(=O)c1ccc(F)c(C(=O)Nc2ccc(OC)c(OCc3cccnc3)c2)c1. The van der Waals surface area contributed by atoms with Crippen LogP contribution in [0.25, 0.3) is 0 Å². The molecule has 32 heavy (non-hydrogen) atoms. The van der Waals surface area contributed by atoms with Crippen molar-refractivity contribution in [1.29, 1.82) is 0 Å². The van der Waals surface area contributed by atoms with Crippen molar-refractivity contribution in [2.24, 2.45) is 0 Å². The second kappa shape index (κ2) is 10.2. The Kier molecular flexibility index (Phi) is 7.39. The highest BCUT2D eigenvalue weighted by atomic mass is 32.2. The summed E-state index contributed by atoms with van der Waals surface area (Å²) in [6, 6.07) is 11.4. The number of halogens is 1. The molecule has 0 atom stereocenters. The maximum absolute atomic E-state index is 14.3. The first-order valence-electron chi connectivity index (χ1n) is 9.64. The molecule has 0 aliphatic heterocycles. The third-order valence-corrected chi connectivity index (χ3v) is 5.91. The van der Waals surface area contributed by atoms with E-state index in [1.165, 1.54) is 13.2 Å². The molecule has 2 aromatic carbocycles. The number of hydrogen-bond acceptors (Lipinski definition) is 6. The van der Waals surface area contributed by atoms with Crippen molar-refractivity contribution in [2.45, 2.75) is 18.4 Å². The molecule has 0 saturated carbocycles. The second-order valence-corrected chi connectivity index (χ2v) is 8.38. The van der Waals surface area contributed by atoms with Gasteiger partial charge in [0.05, 0.1) is 17.6 Å². The lowest BCUT2D eigenvalue weighted by molar-refractivity contribution is 0.102. The number of hydrogen-bond donors (Lipinski definition) is 2. The van der Waals surface area contributed by atoms with Gasteiger partial charge >= 0.3 is 0 Å². The molecule has 0 saturated heterocycles. The smallest absolute Gasteiger partial charge is 0.258 e. The molecule has 3 rings (SSSR count). The van der Waals surface area contributed by atoms with Crippen molar-refractivity contribution in [2.75, 3.05) is 19.0 Å². The van der Waals surface area contributed by atoms with Crippen LogP contribution < -0.4 is 19.5 Å². The number of rotatable bonds is 9. The molecule has 168 valence electrons. The van der Waals surface area contributed by atoms with Crippen LogP contribution in [0.15, 0.2) is 65.8 Å². The molecule has 3 aromatic rings. The van der Waals surface area contributed by atoms with Crippen LogP contribution in [0.3, 0.4) is 0 Å². The van der Waals surface area contributed by atoms with Gasteiger partial charge in [-0.1, -0.05) is 13.0 Å². The summed E-state index contributed by atoms with van der Waals surface area (Å²) >= 11 is 0. The van der Waals surface area contributed by atoms with Crippen LogP contribution in [0.1, 0.15) is 22.8 Å².